The number of hydrogen-bond acceptors (Lipinski definition) is 10. The molecule has 0 spiro atoms. The average Bonchev–Trinajstić information content (AvgIpc) is 3.07. The Kier molecular flexibility index (Phi) is 7.47. The molecule has 0 bridgehead atoms. The van der Waals surface area contributed by atoms with Gasteiger partial charge in [-0.15, -0.1) is 0 Å². The van der Waals surface area contributed by atoms with Gasteiger partial charge < -0.3 is 11.5 Å². The molecular weight excluding hydrogens is 699 g/mol. The molecule has 12 nitrogen and oxygen atoms in total. The normalized spacial score (nSPS) is 22.1. The van der Waals surface area contributed by atoms with E-state index in [0.29, 0.717) is 11.1 Å². The lowest BCUT2D eigenvalue weighted by molar-refractivity contribution is 0.439. The van der Waals surface area contributed by atoms with Gasteiger partial charge in [0.05, 0.1) is 22.8 Å². The second-order valence-corrected chi connectivity index (χ2v) is 15.5. The monoisotopic (exact) mass is 724 g/mol. The van der Waals surface area contributed by atoms with Gasteiger partial charge in [0.2, 0.25) is 2.82 Å². The number of benzene rings is 4. The van der Waals surface area contributed by atoms with Crippen LogP contribution in [0.2, 0.25) is 12.9 Å². The van der Waals surface area contributed by atoms with Crippen molar-refractivity contribution in [3.05, 3.63) is 140 Å². The van der Waals surface area contributed by atoms with Crippen LogP contribution < -0.4 is 11.5 Å². The van der Waals surface area contributed by atoms with Gasteiger partial charge in [-0.1, -0.05) is 96.0 Å². The zero-order valence-electron chi connectivity index (χ0n) is 26.5. The summed E-state index contributed by atoms with van der Waals surface area (Å²) in [6, 6.07) is 21.4. The third-order valence-corrected chi connectivity index (χ3v) is 12.6. The molecule has 0 saturated heterocycles. The first-order chi connectivity index (χ1) is 23.6. The number of nitrogens with two attached hydrogens (primary N) is 2. The van der Waals surface area contributed by atoms with Crippen molar-refractivity contribution in [2.24, 2.45) is 21.7 Å². The Hall–Kier alpha value is -4.44. The van der Waals surface area contributed by atoms with Gasteiger partial charge in [-0.05, 0) is 45.5 Å². The Morgan fingerprint density at radius 1 is 0.646 bits per heavy atom. The lowest BCUT2D eigenvalue weighted by Gasteiger charge is -2.37. The van der Waals surface area contributed by atoms with Crippen molar-refractivity contribution in [1.29, 1.82) is 11.0 Å². The molecule has 246 valence electrons. The molecule has 2 aliphatic rings. The zero-order valence-corrected chi connectivity index (χ0v) is 27.7. The Labute approximate surface area is 288 Å². The maximum Gasteiger partial charge on any atom is 0.279 e. The summed E-state index contributed by atoms with van der Waals surface area (Å²) in [6.07, 6.45) is -0.951. The molecule has 2 unspecified atom stereocenters. The molecule has 0 radical (unpaired) electrons. The van der Waals surface area contributed by atoms with Crippen LogP contribution in [0.25, 0.3) is 22.5 Å². The lowest BCUT2D eigenvalue weighted by atomic mass is 9.78. The maximum absolute atomic E-state index is 13.3. The second-order valence-electron chi connectivity index (χ2n) is 11.4. The van der Waals surface area contributed by atoms with Crippen LogP contribution in [0.3, 0.4) is 0 Å². The average molecular weight is 726 g/mol. The summed E-state index contributed by atoms with van der Waals surface area (Å²) in [5, 5.41) is 7.31. The Bertz CT molecular complexity index is 2270. The third-order valence-electron chi connectivity index (χ3n) is 9.02. The fourth-order valence-electron chi connectivity index (χ4n) is 6.75. The van der Waals surface area contributed by atoms with Crippen molar-refractivity contribution in [3.63, 3.8) is 0 Å². The van der Waals surface area contributed by atoms with Gasteiger partial charge >= 0.3 is 0 Å². The fraction of sp³-hybridized carbons (Fsp3) is 0.125. The van der Waals surface area contributed by atoms with Gasteiger partial charge in [0.1, 0.15) is 0 Å². The van der Waals surface area contributed by atoms with Crippen LogP contribution in [-0.4, -0.2) is 25.9 Å². The summed E-state index contributed by atoms with van der Waals surface area (Å²) in [7, 11) is -9.98. The number of nitrogens with zero attached hydrogens (tertiary/aromatic N) is 2. The van der Waals surface area contributed by atoms with Crippen molar-refractivity contribution in [2.75, 3.05) is 0 Å². The Balaban J connectivity index is 1.50. The number of hydrogen-bond donors (Lipinski definition) is 6. The second kappa shape index (κ2) is 11.6. The summed E-state index contributed by atoms with van der Waals surface area (Å²) >= 11 is 13.6. The highest BCUT2D eigenvalue weighted by Crippen LogP contribution is 2.53. The number of allylic oxidation sites excluding steroid dienone is 2. The quantitative estimate of drug-likeness (QED) is 0.0851. The first kappa shape index (κ1) is 30.9. The number of halogens is 2. The number of rotatable bonds is 7. The minimum atomic E-state index is -4.99. The van der Waals surface area contributed by atoms with Crippen molar-refractivity contribution < 1.29 is 28.8 Å². The van der Waals surface area contributed by atoms with Crippen LogP contribution in [0.4, 0.5) is 0 Å². The molecule has 8 N–H and O–H groups in total. The van der Waals surface area contributed by atoms with E-state index in [-0.39, 0.29) is 66.2 Å². The van der Waals surface area contributed by atoms with Gasteiger partial charge in [-0.3, -0.25) is 9.11 Å². The molecule has 4 aromatic rings. The summed E-state index contributed by atoms with van der Waals surface area (Å²) in [6.45, 7) is 0. The number of nitrogens with one attached hydrogen (secondary N) is 2. The molecule has 0 heterocycles. The predicted molar refractivity (Wildman–Crippen MR) is 181 cm³/mol. The minimum Gasteiger partial charge on any atom is -0.397 e. The zero-order chi connectivity index (χ0) is 36.2. The van der Waals surface area contributed by atoms with E-state index in [0.717, 1.165) is 0 Å². The molecule has 0 fully saturated rings. The van der Waals surface area contributed by atoms with E-state index in [2.05, 4.69) is 21.3 Å². The molecule has 48 heavy (non-hydrogen) atoms. The van der Waals surface area contributed by atoms with Gasteiger partial charge in [-0.2, -0.15) is 27.1 Å². The highest BCUT2D eigenvalue weighted by atomic mass is 35.5. The van der Waals surface area contributed by atoms with Crippen LogP contribution in [0.1, 0.15) is 46.2 Å². The van der Waals surface area contributed by atoms with Crippen molar-refractivity contribution in [2.45, 2.75) is 22.3 Å². The summed E-state index contributed by atoms with van der Waals surface area (Å²) in [5.74, 6) is 0. The standard InChI is InChI=1S/C32H26Cl2N6O6S2/c33-25-13-17(9-11-23(25)31(47(41,42)43)15-27(39-37)29(35)19-5-1-3-7-21(19)31)18-10-12-24(26(34)14-18)32(48(44,45)46)16-28(40-38)30(36)20-6-2-4-8-22(20)32/h1-14,37-38H,15-16,35-36H2,(H,41,42,43)(H,44,45,46)/b39-37+,40-38+. The summed E-state index contributed by atoms with van der Waals surface area (Å²) < 4.78 is 85.1. The van der Waals surface area contributed by atoms with Crippen LogP contribution in [0, 0.1) is 11.0 Å². The maximum atomic E-state index is 13.3. The van der Waals surface area contributed by atoms with Crippen molar-refractivity contribution in [3.8, 4) is 11.1 Å². The van der Waals surface area contributed by atoms with Gasteiger partial charge in [0.25, 0.3) is 20.2 Å². The summed E-state index contributed by atoms with van der Waals surface area (Å²) in [4.78, 5) is 0. The van der Waals surface area contributed by atoms with Crippen molar-refractivity contribution >= 4 is 54.8 Å². The van der Waals surface area contributed by atoms with E-state index in [9.17, 15) is 25.9 Å². The molecule has 0 aliphatic heterocycles. The van der Waals surface area contributed by atoms with E-state index in [1.165, 1.54) is 36.4 Å². The Morgan fingerprint density at radius 3 is 1.35 bits per heavy atom. The van der Waals surface area contributed by atoms with Crippen LogP contribution in [0.5, 0.6) is 0 Å². The molecule has 2 atom stereocenters. The van der Waals surface area contributed by atoms with E-state index in [1.54, 1.807) is 48.5 Å². The molecule has 16 heteroatoms. The molecule has 2 aliphatic carbocycles. The van der Waals surface area contributed by atoms with Gasteiger partial charge in [0.15, 0.2) is 9.49 Å². The Morgan fingerprint density at radius 2 is 1.02 bits per heavy atom. The fourth-order valence-corrected chi connectivity index (χ4v) is 10.0. The van der Waals surface area contributed by atoms with Gasteiger partial charge in [-0.25, -0.2) is 11.0 Å². The number of fused-ring (bicyclic) bond motifs is 2. The highest BCUT2D eigenvalue weighted by Gasteiger charge is 2.53. The first-order valence-electron chi connectivity index (χ1n) is 14.9. The van der Waals surface area contributed by atoms with E-state index >= 15 is 0 Å². The van der Waals surface area contributed by atoms with E-state index < -0.39 is 42.6 Å². The molecule has 4 aromatic carbocycles. The lowest BCUT2D eigenvalue weighted by Crippen LogP contribution is -2.41. The molecular formula is C32H26Cl2N6O6S2. The van der Waals surface area contributed by atoms with E-state index in [4.69, 9.17) is 37.5 Å². The van der Waals surface area contributed by atoms with Crippen molar-refractivity contribution in [1.82, 2.24) is 0 Å². The SMILES string of the molecule is [H]/N=N/C1=C(N)c2ccccc2C(c2ccc(-c3ccc(C4(S(=O)(=O)O)CC(/N=N/[H])=C(N)c5ccccc54)c(Cl)c3)cc2Cl)(S(=O)(=O)O)C1. The molecule has 0 amide bonds. The van der Waals surface area contributed by atoms with Gasteiger partial charge in [0, 0.05) is 34.0 Å². The predicted octanol–water partition coefficient (Wildman–Crippen LogP) is 7.05. The topological polar surface area (TPSA) is 233 Å². The molecule has 0 aromatic heterocycles. The third kappa shape index (κ3) is 4.78. The van der Waals surface area contributed by atoms with Crippen LogP contribution in [-0.2, 0) is 29.7 Å². The van der Waals surface area contributed by atoms with Crippen LogP contribution >= 0.6 is 23.2 Å². The molecule has 6 rings (SSSR count). The highest BCUT2D eigenvalue weighted by molar-refractivity contribution is 7.87. The van der Waals surface area contributed by atoms with E-state index in [1.807, 2.05) is 0 Å². The molecule has 0 saturated carbocycles. The summed E-state index contributed by atoms with van der Waals surface area (Å²) in [5.41, 5.74) is 20.4. The van der Waals surface area contributed by atoms with Crippen LogP contribution in [0.15, 0.2) is 107 Å². The minimum absolute atomic E-state index is 0.00429. The smallest absolute Gasteiger partial charge is 0.279 e. The largest absolute Gasteiger partial charge is 0.397 e. The first-order valence-corrected chi connectivity index (χ1v) is 17.7.